The Morgan fingerprint density at radius 1 is 1.40 bits per heavy atom. The van der Waals surface area contributed by atoms with E-state index in [2.05, 4.69) is 13.5 Å². The molecule has 0 atom stereocenters. The van der Waals surface area contributed by atoms with E-state index in [1.54, 1.807) is 6.07 Å². The van der Waals surface area contributed by atoms with E-state index in [1.807, 2.05) is 0 Å². The molecule has 80 valence electrons. The predicted molar refractivity (Wildman–Crippen MR) is 58.7 cm³/mol. The number of aromatic nitrogens is 2. The quantitative estimate of drug-likeness (QED) is 0.885. The summed E-state index contributed by atoms with van der Waals surface area (Å²) in [4.78, 5) is -0.0158. The summed E-state index contributed by atoms with van der Waals surface area (Å²) in [6.07, 6.45) is 0. The van der Waals surface area contributed by atoms with E-state index in [9.17, 15) is 8.42 Å². The number of hydrogen-bond acceptors (Lipinski definition) is 5. The molecule has 0 aliphatic rings. The van der Waals surface area contributed by atoms with Gasteiger partial charge in [0.1, 0.15) is 15.9 Å². The first-order valence-corrected chi connectivity index (χ1v) is 6.50. The summed E-state index contributed by atoms with van der Waals surface area (Å²) >= 11 is 6.79. The van der Waals surface area contributed by atoms with Crippen molar-refractivity contribution in [1.29, 1.82) is 0 Å². The van der Waals surface area contributed by atoms with Gasteiger partial charge in [-0.15, -0.1) is 0 Å². The fourth-order valence-electron chi connectivity index (χ4n) is 1.16. The van der Waals surface area contributed by atoms with Crippen molar-refractivity contribution in [2.75, 3.05) is 7.05 Å². The molecule has 1 heterocycles. The number of benzene rings is 1. The zero-order chi connectivity index (χ0) is 11.1. The van der Waals surface area contributed by atoms with Gasteiger partial charge >= 0.3 is 0 Å². The topological polar surface area (TPSA) is 72.0 Å². The van der Waals surface area contributed by atoms with E-state index >= 15 is 0 Å². The largest absolute Gasteiger partial charge is 0.244 e. The van der Waals surface area contributed by atoms with Gasteiger partial charge < -0.3 is 0 Å². The van der Waals surface area contributed by atoms with Gasteiger partial charge in [-0.1, -0.05) is 11.6 Å². The third-order valence-electron chi connectivity index (χ3n) is 1.87. The maximum atomic E-state index is 11.7. The number of halogens is 1. The van der Waals surface area contributed by atoms with Gasteiger partial charge in [-0.05, 0) is 19.2 Å². The van der Waals surface area contributed by atoms with Gasteiger partial charge in [-0.25, -0.2) is 13.1 Å². The van der Waals surface area contributed by atoms with Gasteiger partial charge in [-0.3, -0.25) is 0 Å². The van der Waals surface area contributed by atoms with Crippen LogP contribution in [0, 0.1) is 0 Å². The van der Waals surface area contributed by atoms with Crippen LogP contribution in [-0.4, -0.2) is 24.2 Å². The molecule has 0 aliphatic heterocycles. The van der Waals surface area contributed by atoms with Crippen molar-refractivity contribution in [2.45, 2.75) is 4.90 Å². The molecule has 0 saturated carbocycles. The highest BCUT2D eigenvalue weighted by molar-refractivity contribution is 7.89. The van der Waals surface area contributed by atoms with Crippen molar-refractivity contribution in [3.63, 3.8) is 0 Å². The number of sulfonamides is 1. The monoisotopic (exact) mass is 263 g/mol. The highest BCUT2D eigenvalue weighted by atomic mass is 35.5. The van der Waals surface area contributed by atoms with Crippen LogP contribution in [0.2, 0.25) is 5.02 Å². The Morgan fingerprint density at radius 2 is 2.13 bits per heavy atom. The predicted octanol–water partition coefficient (Wildman–Crippen LogP) is 1.25. The Hall–Kier alpha value is -0.760. The van der Waals surface area contributed by atoms with Crippen LogP contribution < -0.4 is 4.72 Å². The fraction of sp³-hybridized carbons (Fsp3) is 0.143. The van der Waals surface area contributed by atoms with Crippen molar-refractivity contribution in [2.24, 2.45) is 0 Å². The average Bonchev–Trinajstić information content (AvgIpc) is 2.64. The molecule has 0 radical (unpaired) electrons. The minimum Gasteiger partial charge on any atom is -0.214 e. The fourth-order valence-corrected chi connectivity index (χ4v) is 3.15. The lowest BCUT2D eigenvalue weighted by Gasteiger charge is -2.04. The molecule has 1 N–H and O–H groups in total. The van der Waals surface area contributed by atoms with E-state index in [-0.39, 0.29) is 9.92 Å². The van der Waals surface area contributed by atoms with Gasteiger partial charge in [0, 0.05) is 0 Å². The van der Waals surface area contributed by atoms with Gasteiger partial charge in [0.25, 0.3) is 0 Å². The van der Waals surface area contributed by atoms with Gasteiger partial charge in [0.2, 0.25) is 10.0 Å². The second-order valence-electron chi connectivity index (χ2n) is 2.72. The summed E-state index contributed by atoms with van der Waals surface area (Å²) in [6.45, 7) is 0. The number of fused-ring (bicyclic) bond motifs is 1. The van der Waals surface area contributed by atoms with E-state index < -0.39 is 10.0 Å². The van der Waals surface area contributed by atoms with Crippen molar-refractivity contribution >= 4 is 44.4 Å². The lowest BCUT2D eigenvalue weighted by atomic mass is 10.3. The second kappa shape index (κ2) is 3.67. The summed E-state index contributed by atoms with van der Waals surface area (Å²) in [5.41, 5.74) is 0.833. The Balaban J connectivity index is 2.89. The summed E-state index contributed by atoms with van der Waals surface area (Å²) in [7, 11) is -2.28. The Kier molecular flexibility index (Phi) is 2.63. The van der Waals surface area contributed by atoms with Crippen LogP contribution >= 0.6 is 23.3 Å². The maximum Gasteiger partial charge on any atom is 0.244 e. The van der Waals surface area contributed by atoms with E-state index in [0.29, 0.717) is 11.0 Å². The lowest BCUT2D eigenvalue weighted by Crippen LogP contribution is -2.19. The molecular formula is C7H6ClN3O2S2. The molecule has 2 rings (SSSR count). The third kappa shape index (κ3) is 1.71. The van der Waals surface area contributed by atoms with Crippen molar-refractivity contribution in [3.05, 3.63) is 17.2 Å². The number of nitrogens with zero attached hydrogens (tertiary/aromatic N) is 2. The highest BCUT2D eigenvalue weighted by Crippen LogP contribution is 2.28. The van der Waals surface area contributed by atoms with Crippen molar-refractivity contribution < 1.29 is 8.42 Å². The molecular weight excluding hydrogens is 258 g/mol. The lowest BCUT2D eigenvalue weighted by molar-refractivity contribution is 0.589. The zero-order valence-electron chi connectivity index (χ0n) is 7.56. The van der Waals surface area contributed by atoms with Gasteiger partial charge in [0.15, 0.2) is 0 Å². The molecule has 0 amide bonds. The van der Waals surface area contributed by atoms with Crippen molar-refractivity contribution in [1.82, 2.24) is 13.5 Å². The van der Waals surface area contributed by atoms with Gasteiger partial charge in [-0.2, -0.15) is 8.75 Å². The van der Waals surface area contributed by atoms with Crippen LogP contribution in [0.1, 0.15) is 0 Å². The minimum absolute atomic E-state index is 0.0158. The summed E-state index contributed by atoms with van der Waals surface area (Å²) < 4.78 is 33.4. The van der Waals surface area contributed by atoms with Crippen LogP contribution in [0.3, 0.4) is 0 Å². The standard InChI is InChI=1S/C7H6ClN3O2S2/c1-9-15(12,13)7-4(8)2-3-5-6(7)11-14-10-5/h2-3,9H,1H3. The number of hydrogen-bond donors (Lipinski definition) is 1. The van der Waals surface area contributed by atoms with Gasteiger partial charge in [0.05, 0.1) is 16.8 Å². The molecule has 0 bridgehead atoms. The second-order valence-corrected chi connectivity index (χ2v) is 5.48. The molecule has 1 aromatic heterocycles. The summed E-state index contributed by atoms with van der Waals surface area (Å²) in [6, 6.07) is 3.13. The number of rotatable bonds is 2. The average molecular weight is 264 g/mol. The molecule has 0 fully saturated rings. The smallest absolute Gasteiger partial charge is 0.214 e. The first kappa shape index (κ1) is 10.7. The molecule has 0 spiro atoms. The Bertz CT molecular complexity index is 608. The van der Waals surface area contributed by atoms with Crippen LogP contribution in [0.25, 0.3) is 11.0 Å². The van der Waals surface area contributed by atoms with E-state index in [1.165, 1.54) is 13.1 Å². The van der Waals surface area contributed by atoms with E-state index in [4.69, 9.17) is 11.6 Å². The highest BCUT2D eigenvalue weighted by Gasteiger charge is 2.21. The first-order chi connectivity index (χ1) is 7.06. The zero-order valence-corrected chi connectivity index (χ0v) is 9.95. The normalized spacial score (nSPS) is 12.1. The third-order valence-corrected chi connectivity index (χ3v) is 4.33. The van der Waals surface area contributed by atoms with E-state index in [0.717, 1.165) is 11.7 Å². The van der Waals surface area contributed by atoms with Crippen LogP contribution in [0.4, 0.5) is 0 Å². The molecule has 0 saturated heterocycles. The summed E-state index contributed by atoms with van der Waals surface area (Å²) in [5.74, 6) is 0. The SMILES string of the molecule is CNS(=O)(=O)c1c(Cl)ccc2nsnc12. The first-order valence-electron chi connectivity index (χ1n) is 3.90. The van der Waals surface area contributed by atoms with Crippen LogP contribution in [0.5, 0.6) is 0 Å². The minimum atomic E-state index is -3.60. The van der Waals surface area contributed by atoms with Crippen molar-refractivity contribution in [3.8, 4) is 0 Å². The molecule has 0 unspecified atom stereocenters. The molecule has 5 nitrogen and oxygen atoms in total. The molecule has 1 aromatic carbocycles. The van der Waals surface area contributed by atoms with Crippen LogP contribution in [0.15, 0.2) is 17.0 Å². The molecule has 2 aromatic rings. The van der Waals surface area contributed by atoms with Crippen LogP contribution in [-0.2, 0) is 10.0 Å². The molecule has 15 heavy (non-hydrogen) atoms. The Morgan fingerprint density at radius 3 is 2.80 bits per heavy atom. The molecule has 8 heteroatoms. The molecule has 0 aliphatic carbocycles. The Labute approximate surface area is 95.5 Å². The number of nitrogens with one attached hydrogen (secondary N) is 1. The summed E-state index contributed by atoms with van der Waals surface area (Å²) in [5, 5.41) is 0.143. The maximum absolute atomic E-state index is 11.7.